The summed E-state index contributed by atoms with van der Waals surface area (Å²) in [6, 6.07) is 0. The Morgan fingerprint density at radius 2 is 2.40 bits per heavy atom. The standard InChI is InChI=1S/C7H9N3O5/c1-7(13,6(11)12)3-9-2-5(8-4-9)10(14)15/h2,4,13H,3H2,1H3,(H,11,12). The molecule has 0 aliphatic heterocycles. The molecule has 0 aromatic carbocycles. The third-order valence-corrected chi connectivity index (χ3v) is 1.76. The average Bonchev–Trinajstić information content (AvgIpc) is 2.51. The zero-order valence-corrected chi connectivity index (χ0v) is 7.82. The molecule has 82 valence electrons. The molecule has 8 nitrogen and oxygen atoms in total. The maximum absolute atomic E-state index is 10.5. The van der Waals surface area contributed by atoms with Gasteiger partial charge in [-0.25, -0.2) is 4.79 Å². The van der Waals surface area contributed by atoms with Crippen molar-refractivity contribution in [3.8, 4) is 0 Å². The van der Waals surface area contributed by atoms with E-state index < -0.39 is 22.3 Å². The van der Waals surface area contributed by atoms with Gasteiger partial charge in [0.05, 0.1) is 6.54 Å². The largest absolute Gasteiger partial charge is 0.479 e. The van der Waals surface area contributed by atoms with Gasteiger partial charge in [-0.1, -0.05) is 0 Å². The van der Waals surface area contributed by atoms with Crippen molar-refractivity contribution in [2.75, 3.05) is 0 Å². The molecule has 0 aliphatic rings. The summed E-state index contributed by atoms with van der Waals surface area (Å²) >= 11 is 0. The highest BCUT2D eigenvalue weighted by Crippen LogP contribution is 2.11. The Hall–Kier alpha value is -1.96. The Labute approximate surface area is 83.9 Å². The van der Waals surface area contributed by atoms with Crippen molar-refractivity contribution < 1.29 is 19.9 Å². The summed E-state index contributed by atoms with van der Waals surface area (Å²) in [5.41, 5.74) is -1.98. The van der Waals surface area contributed by atoms with E-state index in [4.69, 9.17) is 5.11 Å². The number of hydrogen-bond acceptors (Lipinski definition) is 5. The van der Waals surface area contributed by atoms with Crippen LogP contribution in [0.5, 0.6) is 0 Å². The Kier molecular flexibility index (Phi) is 2.71. The molecule has 1 aromatic heterocycles. The van der Waals surface area contributed by atoms with Gasteiger partial charge < -0.3 is 24.9 Å². The number of nitro groups is 1. The number of imidazole rings is 1. The third-order valence-electron chi connectivity index (χ3n) is 1.76. The van der Waals surface area contributed by atoms with E-state index >= 15 is 0 Å². The number of hydrogen-bond donors (Lipinski definition) is 2. The Morgan fingerprint density at radius 3 is 2.80 bits per heavy atom. The molecule has 0 amide bonds. The van der Waals surface area contributed by atoms with Gasteiger partial charge in [0, 0.05) is 0 Å². The first-order chi connectivity index (χ1) is 6.83. The van der Waals surface area contributed by atoms with Crippen LogP contribution in [-0.2, 0) is 11.3 Å². The fourth-order valence-electron chi connectivity index (χ4n) is 0.952. The van der Waals surface area contributed by atoms with E-state index in [1.807, 2.05) is 0 Å². The zero-order valence-electron chi connectivity index (χ0n) is 7.82. The molecule has 1 atom stereocenters. The van der Waals surface area contributed by atoms with Crippen LogP contribution in [0.4, 0.5) is 5.82 Å². The van der Waals surface area contributed by atoms with Gasteiger partial charge in [-0.2, -0.15) is 0 Å². The lowest BCUT2D eigenvalue weighted by Crippen LogP contribution is -2.39. The molecule has 0 bridgehead atoms. The molecule has 0 fully saturated rings. The number of aliphatic carboxylic acids is 1. The Morgan fingerprint density at radius 1 is 1.80 bits per heavy atom. The van der Waals surface area contributed by atoms with E-state index in [1.54, 1.807) is 0 Å². The van der Waals surface area contributed by atoms with Crippen LogP contribution in [0.25, 0.3) is 0 Å². The summed E-state index contributed by atoms with van der Waals surface area (Å²) in [5.74, 6) is -1.80. The Balaban J connectivity index is 2.82. The highest BCUT2D eigenvalue weighted by atomic mass is 16.6. The fourth-order valence-corrected chi connectivity index (χ4v) is 0.952. The number of carboxylic acids is 1. The fraction of sp³-hybridized carbons (Fsp3) is 0.429. The van der Waals surface area contributed by atoms with Crippen LogP contribution in [-0.4, -0.2) is 36.3 Å². The molecule has 0 spiro atoms. The second-order valence-electron chi connectivity index (χ2n) is 3.24. The van der Waals surface area contributed by atoms with Gasteiger partial charge >= 0.3 is 11.8 Å². The molecule has 2 N–H and O–H groups in total. The van der Waals surface area contributed by atoms with Gasteiger partial charge in [0.25, 0.3) is 0 Å². The molecular formula is C7H9N3O5. The predicted octanol–water partition coefficient (Wildman–Crippen LogP) is -0.373. The molecule has 0 radical (unpaired) electrons. The SMILES string of the molecule is CC(O)(Cn1cnc([N+](=O)[O-])c1)C(=O)O. The summed E-state index contributed by atoms with van der Waals surface area (Å²) in [6.07, 6.45) is 2.15. The normalized spacial score (nSPS) is 14.5. The molecule has 0 saturated heterocycles. The topological polar surface area (TPSA) is 118 Å². The number of aliphatic hydroxyl groups is 1. The van der Waals surface area contributed by atoms with Crippen molar-refractivity contribution in [2.24, 2.45) is 0 Å². The lowest BCUT2D eigenvalue weighted by atomic mass is 10.1. The van der Waals surface area contributed by atoms with Crippen molar-refractivity contribution in [3.63, 3.8) is 0 Å². The molecule has 15 heavy (non-hydrogen) atoms. The van der Waals surface area contributed by atoms with E-state index in [-0.39, 0.29) is 6.54 Å². The zero-order chi connectivity index (χ0) is 11.6. The quantitative estimate of drug-likeness (QED) is 0.522. The number of carboxylic acid groups (broad SMARTS) is 1. The van der Waals surface area contributed by atoms with Gasteiger partial charge in [0.15, 0.2) is 5.60 Å². The van der Waals surface area contributed by atoms with Crippen LogP contribution in [0.2, 0.25) is 0 Å². The van der Waals surface area contributed by atoms with Crippen LogP contribution in [0, 0.1) is 10.1 Å². The van der Waals surface area contributed by atoms with Crippen LogP contribution in [0.1, 0.15) is 6.92 Å². The average molecular weight is 215 g/mol. The summed E-state index contributed by atoms with van der Waals surface area (Å²) in [7, 11) is 0. The molecular weight excluding hydrogens is 206 g/mol. The maximum atomic E-state index is 10.5. The summed E-state index contributed by atoms with van der Waals surface area (Å²) in [6.45, 7) is 0.796. The monoisotopic (exact) mass is 215 g/mol. The van der Waals surface area contributed by atoms with Crippen molar-refractivity contribution in [1.29, 1.82) is 0 Å². The number of aromatic nitrogens is 2. The van der Waals surface area contributed by atoms with Crippen molar-refractivity contribution in [1.82, 2.24) is 9.55 Å². The number of rotatable bonds is 4. The van der Waals surface area contributed by atoms with Crippen LogP contribution >= 0.6 is 0 Å². The van der Waals surface area contributed by atoms with E-state index in [2.05, 4.69) is 4.98 Å². The molecule has 1 unspecified atom stereocenters. The van der Waals surface area contributed by atoms with Gasteiger partial charge in [0.2, 0.25) is 6.33 Å². The minimum atomic E-state index is -1.98. The van der Waals surface area contributed by atoms with Crippen LogP contribution < -0.4 is 0 Å². The lowest BCUT2D eigenvalue weighted by Gasteiger charge is -2.16. The first-order valence-corrected chi connectivity index (χ1v) is 3.95. The predicted molar refractivity (Wildman–Crippen MR) is 47.1 cm³/mol. The molecule has 1 aromatic rings. The smallest absolute Gasteiger partial charge is 0.381 e. The van der Waals surface area contributed by atoms with E-state index in [9.17, 15) is 20.0 Å². The van der Waals surface area contributed by atoms with Crippen molar-refractivity contribution >= 4 is 11.8 Å². The minimum absolute atomic E-state index is 0.302. The van der Waals surface area contributed by atoms with Gasteiger partial charge in [-0.15, -0.1) is 0 Å². The van der Waals surface area contributed by atoms with E-state index in [1.165, 1.54) is 0 Å². The molecule has 0 aliphatic carbocycles. The second-order valence-corrected chi connectivity index (χ2v) is 3.24. The second kappa shape index (κ2) is 3.65. The van der Waals surface area contributed by atoms with Crippen LogP contribution in [0.3, 0.4) is 0 Å². The van der Waals surface area contributed by atoms with Crippen molar-refractivity contribution in [2.45, 2.75) is 19.1 Å². The molecule has 8 heteroatoms. The van der Waals surface area contributed by atoms with Gasteiger partial charge in [0.1, 0.15) is 6.20 Å². The minimum Gasteiger partial charge on any atom is -0.479 e. The first kappa shape index (κ1) is 11.1. The maximum Gasteiger partial charge on any atom is 0.381 e. The highest BCUT2D eigenvalue weighted by Gasteiger charge is 2.31. The highest BCUT2D eigenvalue weighted by molar-refractivity contribution is 5.76. The Bertz CT molecular complexity index is 397. The lowest BCUT2D eigenvalue weighted by molar-refractivity contribution is -0.389. The summed E-state index contributed by atoms with van der Waals surface area (Å²) in [4.78, 5) is 23.5. The van der Waals surface area contributed by atoms with Gasteiger partial charge in [-0.05, 0) is 16.8 Å². The molecule has 1 heterocycles. The van der Waals surface area contributed by atoms with Crippen molar-refractivity contribution in [3.05, 3.63) is 22.6 Å². The van der Waals surface area contributed by atoms with E-state index in [0.29, 0.717) is 0 Å². The van der Waals surface area contributed by atoms with Crippen LogP contribution in [0.15, 0.2) is 12.5 Å². The molecule has 0 saturated carbocycles. The van der Waals surface area contributed by atoms with E-state index in [0.717, 1.165) is 24.0 Å². The van der Waals surface area contributed by atoms with Gasteiger partial charge in [-0.3, -0.25) is 0 Å². The summed E-state index contributed by atoms with van der Waals surface area (Å²) in [5, 5.41) is 28.2. The number of carbonyl (C=O) groups is 1. The number of nitrogens with zero attached hydrogens (tertiary/aromatic N) is 3. The summed E-state index contributed by atoms with van der Waals surface area (Å²) < 4.78 is 1.15. The molecule has 1 rings (SSSR count). The third kappa shape index (κ3) is 2.50. The first-order valence-electron chi connectivity index (χ1n) is 3.95.